The third kappa shape index (κ3) is 3.61. The molecule has 0 bridgehead atoms. The Bertz CT molecular complexity index is 667. The number of hydrogen-bond donors (Lipinski definition) is 1. The van der Waals surface area contributed by atoms with E-state index in [1.165, 1.54) is 16.4 Å². The molecule has 21 heavy (non-hydrogen) atoms. The SMILES string of the molecule is O=C(O)c1cc(S(=O)(=O)N2CCC(Br)C(Br)C2)ccc1Cl. The van der Waals surface area contributed by atoms with E-state index in [1.54, 1.807) is 0 Å². The second kappa shape index (κ2) is 6.54. The van der Waals surface area contributed by atoms with Crippen molar-refractivity contribution in [2.45, 2.75) is 21.0 Å². The highest BCUT2D eigenvalue weighted by atomic mass is 79.9. The molecule has 0 saturated carbocycles. The van der Waals surface area contributed by atoms with E-state index in [4.69, 9.17) is 16.7 Å². The summed E-state index contributed by atoms with van der Waals surface area (Å²) in [7, 11) is -3.73. The molecule has 1 aromatic rings. The smallest absolute Gasteiger partial charge is 0.337 e. The molecule has 9 heteroatoms. The molecular formula is C12H12Br2ClNO4S. The van der Waals surface area contributed by atoms with Crippen LogP contribution in [0.1, 0.15) is 16.8 Å². The molecule has 116 valence electrons. The number of carboxylic acid groups (broad SMARTS) is 1. The van der Waals surface area contributed by atoms with E-state index in [9.17, 15) is 13.2 Å². The van der Waals surface area contributed by atoms with Crippen molar-refractivity contribution < 1.29 is 18.3 Å². The van der Waals surface area contributed by atoms with Gasteiger partial charge in [-0.15, -0.1) is 0 Å². The Kier molecular flexibility index (Phi) is 5.36. The molecule has 0 radical (unpaired) electrons. The lowest BCUT2D eigenvalue weighted by atomic mass is 10.2. The van der Waals surface area contributed by atoms with E-state index in [0.29, 0.717) is 19.5 Å². The van der Waals surface area contributed by atoms with Gasteiger partial charge in [0.05, 0.1) is 15.5 Å². The van der Waals surface area contributed by atoms with Crippen LogP contribution in [0.3, 0.4) is 0 Å². The lowest BCUT2D eigenvalue weighted by Gasteiger charge is -2.32. The topological polar surface area (TPSA) is 74.7 Å². The van der Waals surface area contributed by atoms with Crippen LogP contribution in [-0.2, 0) is 10.0 Å². The van der Waals surface area contributed by atoms with Crippen molar-refractivity contribution in [1.82, 2.24) is 4.31 Å². The molecule has 0 aliphatic carbocycles. The Morgan fingerprint density at radius 2 is 2.00 bits per heavy atom. The van der Waals surface area contributed by atoms with E-state index >= 15 is 0 Å². The van der Waals surface area contributed by atoms with E-state index in [1.807, 2.05) is 0 Å². The maximum absolute atomic E-state index is 12.6. The van der Waals surface area contributed by atoms with Gasteiger partial charge in [0, 0.05) is 22.7 Å². The Labute approximate surface area is 144 Å². The lowest BCUT2D eigenvalue weighted by molar-refractivity contribution is 0.0697. The molecule has 1 aromatic carbocycles. The minimum absolute atomic E-state index is 0.00673. The molecule has 0 aromatic heterocycles. The van der Waals surface area contributed by atoms with E-state index < -0.39 is 16.0 Å². The fraction of sp³-hybridized carbons (Fsp3) is 0.417. The molecule has 1 aliphatic heterocycles. The zero-order valence-corrected chi connectivity index (χ0v) is 15.4. The van der Waals surface area contributed by atoms with Crippen molar-refractivity contribution in [1.29, 1.82) is 0 Å². The predicted octanol–water partition coefficient (Wildman–Crippen LogP) is 2.96. The lowest BCUT2D eigenvalue weighted by Crippen LogP contribution is -2.44. The predicted molar refractivity (Wildman–Crippen MR) is 87.2 cm³/mol. The molecule has 1 N–H and O–H groups in total. The first-order valence-corrected chi connectivity index (χ1v) is 9.69. The molecule has 0 amide bonds. The van der Waals surface area contributed by atoms with E-state index in [0.717, 1.165) is 6.07 Å². The fourth-order valence-electron chi connectivity index (χ4n) is 2.04. The van der Waals surface area contributed by atoms with Crippen LogP contribution in [0.5, 0.6) is 0 Å². The maximum Gasteiger partial charge on any atom is 0.337 e. The van der Waals surface area contributed by atoms with Crippen LogP contribution < -0.4 is 0 Å². The average Bonchev–Trinajstić information content (AvgIpc) is 2.41. The fourth-order valence-corrected chi connectivity index (χ4v) is 4.93. The van der Waals surface area contributed by atoms with Crippen molar-refractivity contribution in [3.05, 3.63) is 28.8 Å². The number of rotatable bonds is 3. The minimum Gasteiger partial charge on any atom is -0.478 e. The van der Waals surface area contributed by atoms with Crippen LogP contribution >= 0.6 is 43.5 Å². The molecule has 1 aliphatic rings. The van der Waals surface area contributed by atoms with E-state index in [2.05, 4.69) is 31.9 Å². The highest BCUT2D eigenvalue weighted by Gasteiger charge is 2.33. The molecule has 1 fully saturated rings. The van der Waals surface area contributed by atoms with Gasteiger partial charge in [-0.1, -0.05) is 43.5 Å². The zero-order chi connectivity index (χ0) is 15.8. The molecule has 1 saturated heterocycles. The number of piperidine rings is 1. The molecule has 2 unspecified atom stereocenters. The van der Waals surface area contributed by atoms with Crippen molar-refractivity contribution >= 4 is 59.5 Å². The van der Waals surface area contributed by atoms with Crippen LogP contribution in [0.25, 0.3) is 0 Å². The summed E-state index contributed by atoms with van der Waals surface area (Å²) in [5.41, 5.74) is -0.219. The van der Waals surface area contributed by atoms with Gasteiger partial charge in [0.2, 0.25) is 10.0 Å². The monoisotopic (exact) mass is 459 g/mol. The molecule has 5 nitrogen and oxygen atoms in total. The Balaban J connectivity index is 2.36. The average molecular weight is 462 g/mol. The van der Waals surface area contributed by atoms with Crippen LogP contribution in [-0.4, -0.2) is 46.5 Å². The largest absolute Gasteiger partial charge is 0.478 e. The van der Waals surface area contributed by atoms with Gasteiger partial charge in [-0.25, -0.2) is 13.2 Å². The summed E-state index contributed by atoms with van der Waals surface area (Å²) < 4.78 is 26.5. The Hall–Kier alpha value is -0.150. The first-order chi connectivity index (χ1) is 9.73. The molecule has 1 heterocycles. The highest BCUT2D eigenvalue weighted by molar-refractivity contribution is 9.12. The van der Waals surface area contributed by atoms with Gasteiger partial charge < -0.3 is 5.11 Å². The van der Waals surface area contributed by atoms with Gasteiger partial charge in [-0.05, 0) is 24.6 Å². The normalized spacial score (nSPS) is 24.0. The van der Waals surface area contributed by atoms with Crippen molar-refractivity contribution in [3.8, 4) is 0 Å². The summed E-state index contributed by atoms with van der Waals surface area (Å²) in [5.74, 6) is -1.26. The number of nitrogens with zero attached hydrogens (tertiary/aromatic N) is 1. The van der Waals surface area contributed by atoms with Crippen LogP contribution in [0.2, 0.25) is 5.02 Å². The molecule has 2 rings (SSSR count). The van der Waals surface area contributed by atoms with Gasteiger partial charge in [0.1, 0.15) is 0 Å². The van der Waals surface area contributed by atoms with Crippen LogP contribution in [0.15, 0.2) is 23.1 Å². The van der Waals surface area contributed by atoms with Crippen molar-refractivity contribution in [2.24, 2.45) is 0 Å². The second-order valence-electron chi connectivity index (χ2n) is 4.63. The quantitative estimate of drug-likeness (QED) is 0.703. The number of halogens is 3. The van der Waals surface area contributed by atoms with Gasteiger partial charge in [-0.3, -0.25) is 0 Å². The number of hydrogen-bond acceptors (Lipinski definition) is 3. The summed E-state index contributed by atoms with van der Waals surface area (Å²) in [6, 6.07) is 3.72. The summed E-state index contributed by atoms with van der Waals surface area (Å²) >= 11 is 12.7. The third-order valence-electron chi connectivity index (χ3n) is 3.23. The van der Waals surface area contributed by atoms with Gasteiger partial charge >= 0.3 is 5.97 Å². The van der Waals surface area contributed by atoms with Crippen molar-refractivity contribution in [3.63, 3.8) is 0 Å². The van der Waals surface area contributed by atoms with Gasteiger partial charge in [0.15, 0.2) is 0 Å². The van der Waals surface area contributed by atoms with Crippen LogP contribution in [0, 0.1) is 0 Å². The highest BCUT2D eigenvalue weighted by Crippen LogP contribution is 2.29. The number of benzene rings is 1. The van der Waals surface area contributed by atoms with Gasteiger partial charge in [0.25, 0.3) is 0 Å². The Morgan fingerprint density at radius 3 is 2.57 bits per heavy atom. The number of alkyl halides is 2. The summed E-state index contributed by atoms with van der Waals surface area (Å²) in [6.45, 7) is 0.703. The number of carboxylic acids is 1. The summed E-state index contributed by atoms with van der Waals surface area (Å²) in [6.07, 6.45) is 0.675. The first-order valence-electron chi connectivity index (χ1n) is 6.04. The number of aromatic carboxylic acids is 1. The second-order valence-corrected chi connectivity index (χ2v) is 9.33. The molecule has 2 atom stereocenters. The number of sulfonamides is 1. The third-order valence-corrected chi connectivity index (χ3v) is 8.15. The summed E-state index contributed by atoms with van der Waals surface area (Å²) in [5, 5.41) is 9.05. The Morgan fingerprint density at radius 1 is 1.33 bits per heavy atom. The summed E-state index contributed by atoms with van der Waals surface area (Å²) in [4.78, 5) is 11.2. The molecule has 0 spiro atoms. The molecular weight excluding hydrogens is 449 g/mol. The van der Waals surface area contributed by atoms with E-state index in [-0.39, 0.29) is 25.1 Å². The van der Waals surface area contributed by atoms with Crippen LogP contribution in [0.4, 0.5) is 0 Å². The zero-order valence-electron chi connectivity index (χ0n) is 10.7. The number of carbonyl (C=O) groups is 1. The first kappa shape index (κ1) is 17.2. The van der Waals surface area contributed by atoms with Crippen molar-refractivity contribution in [2.75, 3.05) is 13.1 Å². The van der Waals surface area contributed by atoms with Gasteiger partial charge in [-0.2, -0.15) is 4.31 Å². The standard InChI is InChI=1S/C12H12Br2ClNO4S/c13-9-3-4-16(6-10(9)14)21(19,20)7-1-2-11(15)8(5-7)12(17)18/h1-2,5,9-10H,3-4,6H2,(H,17,18). The maximum atomic E-state index is 12.6. The minimum atomic E-state index is -3.73.